The maximum Gasteiger partial charge on any atom is 0.292 e. The number of rotatable bonds is 2. The summed E-state index contributed by atoms with van der Waals surface area (Å²) in [6.45, 7) is -0.0381. The Hall–Kier alpha value is -2.05. The van der Waals surface area contributed by atoms with Gasteiger partial charge in [0.1, 0.15) is 6.54 Å². The third kappa shape index (κ3) is 1.10. The van der Waals surface area contributed by atoms with Crippen LogP contribution in [0.25, 0.3) is 11.2 Å². The fraction of sp³-hybridized carbons (Fsp3) is 0.286. The van der Waals surface area contributed by atoms with Crippen LogP contribution in [0.1, 0.15) is 0 Å². The zero-order valence-corrected chi connectivity index (χ0v) is 7.52. The molecule has 0 fully saturated rings. The monoisotopic (exact) mass is 195 g/mol. The molecule has 2 aromatic rings. The molecular weight excluding hydrogens is 186 g/mol. The number of hydrogen-bond donors (Lipinski definition) is 2. The molecule has 7 heteroatoms. The number of primary amides is 1. The van der Waals surface area contributed by atoms with Gasteiger partial charge in [-0.05, 0) is 0 Å². The molecular formula is C7H9N5O2. The second-order valence-corrected chi connectivity index (χ2v) is 3.01. The highest BCUT2D eigenvalue weighted by atomic mass is 16.1. The summed E-state index contributed by atoms with van der Waals surface area (Å²) < 4.78 is 2.73. The van der Waals surface area contributed by atoms with Crippen molar-refractivity contribution in [2.75, 3.05) is 0 Å². The average Bonchev–Trinajstić information content (AvgIpc) is 2.57. The number of amides is 1. The van der Waals surface area contributed by atoms with Gasteiger partial charge in [-0.15, -0.1) is 0 Å². The smallest absolute Gasteiger partial charge is 0.292 e. The minimum atomic E-state index is -0.507. The molecule has 2 aromatic heterocycles. The zero-order chi connectivity index (χ0) is 10.3. The fourth-order valence-corrected chi connectivity index (χ4v) is 1.34. The first-order valence-electron chi connectivity index (χ1n) is 3.97. The van der Waals surface area contributed by atoms with Crippen LogP contribution < -0.4 is 11.3 Å². The van der Waals surface area contributed by atoms with E-state index in [-0.39, 0.29) is 12.1 Å². The molecule has 14 heavy (non-hydrogen) atoms. The number of nitrogens with one attached hydrogen (secondary N) is 1. The third-order valence-electron chi connectivity index (χ3n) is 1.94. The third-order valence-corrected chi connectivity index (χ3v) is 1.94. The molecule has 0 aliphatic rings. The predicted molar refractivity (Wildman–Crippen MR) is 48.5 cm³/mol. The van der Waals surface area contributed by atoms with Crippen LogP contribution in [0.15, 0.2) is 11.1 Å². The summed E-state index contributed by atoms with van der Waals surface area (Å²) in [4.78, 5) is 26.1. The highest BCUT2D eigenvalue weighted by Gasteiger charge is 2.11. The van der Waals surface area contributed by atoms with Crippen LogP contribution >= 0.6 is 0 Å². The van der Waals surface area contributed by atoms with Gasteiger partial charge in [-0.1, -0.05) is 0 Å². The minimum absolute atomic E-state index is 0.0381. The summed E-state index contributed by atoms with van der Waals surface area (Å²) in [7, 11) is 1.58. The molecule has 1 amide bonds. The fourth-order valence-electron chi connectivity index (χ4n) is 1.34. The molecule has 2 heterocycles. The van der Waals surface area contributed by atoms with E-state index in [9.17, 15) is 9.59 Å². The molecule has 0 radical (unpaired) electrons. The van der Waals surface area contributed by atoms with E-state index in [1.54, 1.807) is 7.05 Å². The van der Waals surface area contributed by atoms with Gasteiger partial charge in [-0.2, -0.15) is 0 Å². The molecule has 74 valence electrons. The van der Waals surface area contributed by atoms with Crippen molar-refractivity contribution in [1.82, 2.24) is 19.3 Å². The van der Waals surface area contributed by atoms with Crippen LogP contribution in [0.3, 0.4) is 0 Å². The molecule has 0 saturated heterocycles. The van der Waals surface area contributed by atoms with Crippen molar-refractivity contribution in [3.05, 3.63) is 16.7 Å². The number of nitrogens with zero attached hydrogens (tertiary/aromatic N) is 3. The van der Waals surface area contributed by atoms with Gasteiger partial charge >= 0.3 is 0 Å². The quantitative estimate of drug-likeness (QED) is 0.613. The van der Waals surface area contributed by atoms with Gasteiger partial charge in [0.25, 0.3) is 5.56 Å². The molecule has 0 spiro atoms. The maximum absolute atomic E-state index is 11.5. The van der Waals surface area contributed by atoms with E-state index in [0.29, 0.717) is 11.2 Å². The van der Waals surface area contributed by atoms with E-state index in [1.165, 1.54) is 15.6 Å². The summed E-state index contributed by atoms with van der Waals surface area (Å²) in [6.07, 6.45) is 1.41. The van der Waals surface area contributed by atoms with Gasteiger partial charge in [0, 0.05) is 7.05 Å². The van der Waals surface area contributed by atoms with Crippen molar-refractivity contribution in [2.24, 2.45) is 12.8 Å². The van der Waals surface area contributed by atoms with E-state index in [0.717, 1.165) is 0 Å². The van der Waals surface area contributed by atoms with Crippen LogP contribution in [0.2, 0.25) is 0 Å². The van der Waals surface area contributed by atoms with E-state index in [2.05, 4.69) is 10.1 Å². The zero-order valence-electron chi connectivity index (χ0n) is 7.52. The SMILES string of the molecule is Cn1[nH]c2ncn(CC(N)=O)c2c1=O. The van der Waals surface area contributed by atoms with Crippen molar-refractivity contribution in [3.8, 4) is 0 Å². The lowest BCUT2D eigenvalue weighted by Crippen LogP contribution is -2.21. The Morgan fingerprint density at radius 3 is 3.07 bits per heavy atom. The standard InChI is InChI=1S/C7H9N5O2/c1-11-7(14)5-6(10-11)9-3-12(5)2-4(8)13/h3,10H,2H2,1H3,(H2,8,13). The number of H-pyrrole nitrogens is 1. The van der Waals surface area contributed by atoms with Crippen LogP contribution in [0.5, 0.6) is 0 Å². The highest BCUT2D eigenvalue weighted by molar-refractivity contribution is 5.77. The average molecular weight is 195 g/mol. The topological polar surface area (TPSA) is 98.7 Å². The summed E-state index contributed by atoms with van der Waals surface area (Å²) in [6, 6.07) is 0. The second kappa shape index (κ2) is 2.72. The van der Waals surface area contributed by atoms with Crippen molar-refractivity contribution in [2.45, 2.75) is 6.54 Å². The van der Waals surface area contributed by atoms with E-state index < -0.39 is 5.91 Å². The summed E-state index contributed by atoms with van der Waals surface area (Å²) in [5.74, 6) is -0.507. The number of carbonyl (C=O) groups is 1. The van der Waals surface area contributed by atoms with Gasteiger partial charge in [0.05, 0.1) is 6.33 Å². The first kappa shape index (κ1) is 8.54. The Labute approximate surface area is 78.1 Å². The van der Waals surface area contributed by atoms with Crippen molar-refractivity contribution in [3.63, 3.8) is 0 Å². The molecule has 0 atom stereocenters. The largest absolute Gasteiger partial charge is 0.368 e. The van der Waals surface area contributed by atoms with Crippen LogP contribution in [0, 0.1) is 0 Å². The highest BCUT2D eigenvalue weighted by Crippen LogP contribution is 2.03. The number of hydrogen-bond acceptors (Lipinski definition) is 3. The van der Waals surface area contributed by atoms with E-state index >= 15 is 0 Å². The van der Waals surface area contributed by atoms with E-state index in [4.69, 9.17) is 5.73 Å². The summed E-state index contributed by atoms with van der Waals surface area (Å²) in [5, 5.41) is 2.74. The molecule has 2 rings (SSSR count). The predicted octanol–water partition coefficient (Wildman–Crippen LogP) is -1.45. The number of carbonyl (C=O) groups excluding carboxylic acids is 1. The van der Waals surface area contributed by atoms with Crippen LogP contribution in [0.4, 0.5) is 0 Å². The summed E-state index contributed by atoms with van der Waals surface area (Å²) in [5.41, 5.74) is 5.63. The number of fused-ring (bicyclic) bond motifs is 1. The lowest BCUT2D eigenvalue weighted by atomic mass is 10.5. The normalized spacial score (nSPS) is 10.9. The van der Waals surface area contributed by atoms with Gasteiger partial charge in [-0.25, -0.2) is 4.98 Å². The van der Waals surface area contributed by atoms with Crippen molar-refractivity contribution < 1.29 is 4.79 Å². The van der Waals surface area contributed by atoms with Crippen LogP contribution in [-0.2, 0) is 18.4 Å². The Bertz CT molecular complexity index is 546. The van der Waals surface area contributed by atoms with Gasteiger partial charge < -0.3 is 10.3 Å². The Kier molecular flexibility index (Phi) is 1.66. The Balaban J connectivity index is 2.66. The Morgan fingerprint density at radius 1 is 1.71 bits per heavy atom. The molecule has 0 aromatic carbocycles. The number of nitrogens with two attached hydrogens (primary N) is 1. The molecule has 3 N–H and O–H groups in total. The van der Waals surface area contributed by atoms with Gasteiger partial charge in [-0.3, -0.25) is 19.4 Å². The van der Waals surface area contributed by atoms with Crippen molar-refractivity contribution in [1.29, 1.82) is 0 Å². The summed E-state index contributed by atoms with van der Waals surface area (Å²) >= 11 is 0. The maximum atomic E-state index is 11.5. The minimum Gasteiger partial charge on any atom is -0.368 e. The molecule has 0 bridgehead atoms. The number of aryl methyl sites for hydroxylation is 1. The van der Waals surface area contributed by atoms with Crippen molar-refractivity contribution >= 4 is 17.1 Å². The molecule has 0 aliphatic heterocycles. The number of imidazole rings is 1. The lowest BCUT2D eigenvalue weighted by molar-refractivity contribution is -0.118. The molecule has 0 unspecified atom stereocenters. The molecule has 7 nitrogen and oxygen atoms in total. The molecule has 0 saturated carbocycles. The van der Waals surface area contributed by atoms with Crippen LogP contribution in [-0.4, -0.2) is 25.2 Å². The van der Waals surface area contributed by atoms with Gasteiger partial charge in [0.2, 0.25) is 5.91 Å². The number of aromatic nitrogens is 4. The lowest BCUT2D eigenvalue weighted by Gasteiger charge is -1.95. The van der Waals surface area contributed by atoms with E-state index in [1.807, 2.05) is 0 Å². The first-order valence-corrected chi connectivity index (χ1v) is 3.97. The number of aromatic amines is 1. The molecule has 0 aliphatic carbocycles. The van der Waals surface area contributed by atoms with Gasteiger partial charge in [0.15, 0.2) is 11.2 Å². The second-order valence-electron chi connectivity index (χ2n) is 3.01. The first-order chi connectivity index (χ1) is 6.59. The Morgan fingerprint density at radius 2 is 2.43 bits per heavy atom.